The number of anilines is 1. The number of hydrogen-bond donors (Lipinski definition) is 2. The Morgan fingerprint density at radius 2 is 1.87 bits per heavy atom. The number of rotatable bonds is 6. The average Bonchev–Trinajstić information content (AvgIpc) is 3.68. The highest BCUT2D eigenvalue weighted by atomic mass is 35.5. The Morgan fingerprint density at radius 1 is 1.12 bits per heavy atom. The van der Waals surface area contributed by atoms with Gasteiger partial charge in [-0.2, -0.15) is 13.2 Å². The van der Waals surface area contributed by atoms with Crippen LogP contribution in [-0.4, -0.2) is 76.5 Å². The van der Waals surface area contributed by atoms with Gasteiger partial charge in [-0.25, -0.2) is 15.0 Å². The van der Waals surface area contributed by atoms with Gasteiger partial charge in [0.15, 0.2) is 22.6 Å². The zero-order valence-corrected chi connectivity index (χ0v) is 28.8. The number of alkyl halides is 3. The number of likely N-dealkylation sites (tertiary alicyclic amines) is 1. The quantitative estimate of drug-likeness (QED) is 0.247. The Kier molecular flexibility index (Phi) is 8.63. The van der Waals surface area contributed by atoms with Crippen LogP contribution in [0, 0.1) is 6.92 Å². The average molecular weight is 738 g/mol. The maximum absolute atomic E-state index is 14.5. The number of aromatic hydroxyl groups is 1. The number of fused-ring (bicyclic) bond motifs is 3. The van der Waals surface area contributed by atoms with Gasteiger partial charge in [0, 0.05) is 42.0 Å². The van der Waals surface area contributed by atoms with Gasteiger partial charge in [0.25, 0.3) is 5.91 Å². The summed E-state index contributed by atoms with van der Waals surface area (Å²) in [5, 5.41) is 21.9. The first-order valence-electron chi connectivity index (χ1n) is 16.2. The number of benzene rings is 1. The molecule has 2 amide bonds. The number of hydrogen-bond acceptors (Lipinski definition) is 10. The Balaban J connectivity index is 1.28. The molecule has 1 aliphatic heterocycles. The van der Waals surface area contributed by atoms with Crippen molar-refractivity contribution in [1.29, 1.82) is 0 Å². The van der Waals surface area contributed by atoms with Crippen LogP contribution in [0.15, 0.2) is 47.7 Å². The largest absolute Gasteiger partial charge is 0.504 e. The van der Waals surface area contributed by atoms with E-state index in [2.05, 4.69) is 30.5 Å². The molecule has 1 fully saturated rings. The van der Waals surface area contributed by atoms with Crippen LogP contribution < -0.4 is 15.5 Å². The van der Waals surface area contributed by atoms with Gasteiger partial charge in [0.05, 0.1) is 34.8 Å². The summed E-state index contributed by atoms with van der Waals surface area (Å²) >= 11 is 6.15. The monoisotopic (exact) mass is 737 g/mol. The van der Waals surface area contributed by atoms with Crippen molar-refractivity contribution >= 4 is 40.3 Å². The predicted octanol–water partition coefficient (Wildman–Crippen LogP) is 4.78. The Morgan fingerprint density at radius 3 is 2.56 bits per heavy atom. The number of carbonyl (C=O) groups excluding carboxylic acids is 2. The molecule has 270 valence electrons. The van der Waals surface area contributed by atoms with E-state index in [0.29, 0.717) is 36.2 Å². The first-order chi connectivity index (χ1) is 24.7. The van der Waals surface area contributed by atoms with Crippen LogP contribution in [0.3, 0.4) is 0 Å². The topological polar surface area (TPSA) is 170 Å². The van der Waals surface area contributed by atoms with Crippen LogP contribution in [0.5, 0.6) is 11.6 Å². The van der Waals surface area contributed by atoms with Crippen LogP contribution in [0.25, 0.3) is 16.9 Å². The van der Waals surface area contributed by atoms with Crippen molar-refractivity contribution in [3.63, 3.8) is 0 Å². The number of aromatic nitrogens is 7. The van der Waals surface area contributed by atoms with Gasteiger partial charge >= 0.3 is 6.18 Å². The summed E-state index contributed by atoms with van der Waals surface area (Å²) < 4.78 is 46.6. The maximum Gasteiger partial charge on any atom is 0.416 e. The van der Waals surface area contributed by atoms with E-state index in [4.69, 9.17) is 16.3 Å². The zero-order valence-electron chi connectivity index (χ0n) is 28.0. The summed E-state index contributed by atoms with van der Waals surface area (Å²) in [4.78, 5) is 56.4. The molecule has 5 aromatic rings. The number of halogens is 4. The van der Waals surface area contributed by atoms with Gasteiger partial charge in [-0.15, -0.1) is 15.0 Å². The van der Waals surface area contributed by atoms with Crippen LogP contribution in [-0.2, 0) is 22.9 Å². The predicted molar refractivity (Wildman–Crippen MR) is 181 cm³/mol. The van der Waals surface area contributed by atoms with Crippen molar-refractivity contribution in [2.75, 3.05) is 25.5 Å². The highest BCUT2D eigenvalue weighted by Gasteiger charge is 2.49. The van der Waals surface area contributed by atoms with Crippen molar-refractivity contribution < 1.29 is 32.6 Å². The molecular formula is C34H31ClF3N9O5. The van der Waals surface area contributed by atoms with Crippen molar-refractivity contribution in [2.45, 2.75) is 57.2 Å². The fraction of sp³-hybridized carbons (Fsp3) is 0.353. The van der Waals surface area contributed by atoms with E-state index in [1.165, 1.54) is 24.4 Å². The van der Waals surface area contributed by atoms with E-state index in [1.54, 1.807) is 28.5 Å². The number of amides is 2. The molecule has 5 heterocycles. The molecule has 7 rings (SSSR count). The second-order valence-electron chi connectivity index (χ2n) is 13.0. The standard InChI is InChI=1S/C34H31ClF3N9O5/c1-17-14-33(7-10-45(11-8-33)32(51)27-29(49)18(2)40-16-41-27)25-28(17)46(15-23(48)42-22-5-4-19(12-21(22)35)34(36,37)38)31-26(30(25)50)43-47(44-31)20-6-9-39-24(13-20)52-3/h4-6,9,12-13,16-17,49H,7-8,10-11,14-15H2,1-3H3,(H,42,48)/t17-/m0/s1. The lowest BCUT2D eigenvalue weighted by atomic mass is 9.73. The summed E-state index contributed by atoms with van der Waals surface area (Å²) in [7, 11) is 1.45. The second-order valence-corrected chi connectivity index (χ2v) is 13.4. The maximum atomic E-state index is 14.5. The molecule has 1 atom stereocenters. The van der Waals surface area contributed by atoms with Crippen molar-refractivity contribution in [3.05, 3.63) is 86.3 Å². The number of piperidine rings is 1. The third kappa shape index (κ3) is 5.97. The smallest absolute Gasteiger partial charge is 0.416 e. The van der Waals surface area contributed by atoms with Gasteiger partial charge in [-0.3, -0.25) is 14.4 Å². The van der Waals surface area contributed by atoms with Gasteiger partial charge in [0.1, 0.15) is 12.9 Å². The van der Waals surface area contributed by atoms with Gasteiger partial charge in [0.2, 0.25) is 17.2 Å². The highest BCUT2D eigenvalue weighted by Crippen LogP contribution is 2.51. The van der Waals surface area contributed by atoms with Crippen molar-refractivity contribution in [2.24, 2.45) is 0 Å². The Hall–Kier alpha value is -5.58. The number of aryl methyl sites for hydroxylation is 1. The SMILES string of the molecule is COc1cc(-n2nc3c(=O)c4c(n(CC(=O)Nc5ccc(C(F)(F)F)cc5Cl)c3n2)[C@@H](C)CC42CCN(C(=O)c3ncnc(C)c3O)CC2)ccn1. The van der Waals surface area contributed by atoms with Gasteiger partial charge < -0.3 is 24.6 Å². The lowest BCUT2D eigenvalue weighted by molar-refractivity contribution is -0.137. The zero-order chi connectivity index (χ0) is 37.1. The molecule has 0 radical (unpaired) electrons. The minimum Gasteiger partial charge on any atom is -0.504 e. The van der Waals surface area contributed by atoms with Crippen LogP contribution in [0.4, 0.5) is 18.9 Å². The van der Waals surface area contributed by atoms with E-state index in [-0.39, 0.29) is 75.9 Å². The fourth-order valence-corrected chi connectivity index (χ4v) is 7.55. The number of pyridine rings is 2. The molecule has 2 N–H and O–H groups in total. The Labute approximate surface area is 298 Å². The number of methoxy groups -OCH3 is 1. The van der Waals surface area contributed by atoms with Crippen molar-refractivity contribution in [3.8, 4) is 17.3 Å². The van der Waals surface area contributed by atoms with E-state index >= 15 is 0 Å². The molecule has 18 heteroatoms. The molecule has 4 aromatic heterocycles. The van der Waals surface area contributed by atoms with E-state index in [0.717, 1.165) is 18.2 Å². The lowest BCUT2D eigenvalue weighted by Crippen LogP contribution is -2.46. The van der Waals surface area contributed by atoms with Gasteiger partial charge in [-0.05, 0) is 56.4 Å². The summed E-state index contributed by atoms with van der Waals surface area (Å²) in [6.07, 6.45) is -0.559. The normalized spacial score (nSPS) is 16.7. The number of nitrogens with one attached hydrogen (secondary N) is 1. The second kappa shape index (κ2) is 12.9. The summed E-state index contributed by atoms with van der Waals surface area (Å²) in [6.45, 7) is 3.67. The first kappa shape index (κ1) is 34.9. The molecule has 0 saturated carbocycles. The van der Waals surface area contributed by atoms with Gasteiger partial charge in [-0.1, -0.05) is 18.5 Å². The number of ether oxygens (including phenoxy) is 1. The molecule has 14 nitrogen and oxygen atoms in total. The molecule has 1 aliphatic carbocycles. The number of carbonyl (C=O) groups is 2. The minimum absolute atomic E-state index is 0.00301. The van der Waals surface area contributed by atoms with Crippen molar-refractivity contribution in [1.82, 2.24) is 39.4 Å². The van der Waals surface area contributed by atoms with E-state index in [9.17, 15) is 32.7 Å². The molecule has 52 heavy (non-hydrogen) atoms. The molecule has 2 aliphatic rings. The minimum atomic E-state index is -4.62. The molecule has 1 saturated heterocycles. The van der Waals surface area contributed by atoms with E-state index in [1.807, 2.05) is 6.92 Å². The first-order valence-corrected chi connectivity index (χ1v) is 16.6. The lowest BCUT2D eigenvalue weighted by Gasteiger charge is -2.39. The van der Waals surface area contributed by atoms with Crippen LogP contribution >= 0.6 is 11.6 Å². The van der Waals surface area contributed by atoms with E-state index < -0.39 is 29.0 Å². The molecule has 1 spiro atoms. The summed E-state index contributed by atoms with van der Waals surface area (Å²) in [5.41, 5.74) is -0.228. The summed E-state index contributed by atoms with van der Waals surface area (Å²) in [6, 6.07) is 5.83. The van der Waals surface area contributed by atoms with Crippen LogP contribution in [0.1, 0.15) is 65.1 Å². The van der Waals surface area contributed by atoms with Crippen LogP contribution in [0.2, 0.25) is 5.02 Å². The summed E-state index contributed by atoms with van der Waals surface area (Å²) in [5.74, 6) is -1.32. The number of nitrogens with zero attached hydrogens (tertiary/aromatic N) is 8. The Bertz CT molecular complexity index is 2320. The fourth-order valence-electron chi connectivity index (χ4n) is 7.32. The third-order valence-corrected chi connectivity index (χ3v) is 10.1. The highest BCUT2D eigenvalue weighted by molar-refractivity contribution is 6.33. The molecule has 0 unspecified atom stereocenters. The molecule has 1 aromatic carbocycles. The molecular weight excluding hydrogens is 707 g/mol. The third-order valence-electron chi connectivity index (χ3n) is 9.78. The molecule has 0 bridgehead atoms.